The Hall–Kier alpha value is -0.640. The minimum absolute atomic E-state index is 0.0712. The lowest BCUT2D eigenvalue weighted by molar-refractivity contribution is -0.113. The Bertz CT molecular complexity index is 366. The van der Waals surface area contributed by atoms with Gasteiger partial charge in [-0.2, -0.15) is 0 Å². The first-order valence-electron chi connectivity index (χ1n) is 7.19. The average molecular weight is 306 g/mol. The molecule has 0 rings (SSSR count). The van der Waals surface area contributed by atoms with Gasteiger partial charge < -0.3 is 4.52 Å². The number of rotatable bonds is 11. The van der Waals surface area contributed by atoms with Crippen LogP contribution >= 0.6 is 7.82 Å². The molecule has 0 N–H and O–H groups in total. The van der Waals surface area contributed by atoms with E-state index in [1.807, 2.05) is 0 Å². The lowest BCUT2D eigenvalue weighted by Gasteiger charge is -2.19. The highest BCUT2D eigenvalue weighted by Crippen LogP contribution is 2.51. The lowest BCUT2D eigenvalue weighted by Crippen LogP contribution is -2.05. The number of unbranched alkanes of at least 4 members (excludes halogenated alkanes) is 2. The van der Waals surface area contributed by atoms with Crippen LogP contribution in [-0.2, 0) is 22.9 Å². The fourth-order valence-electron chi connectivity index (χ4n) is 1.78. The fourth-order valence-corrected chi connectivity index (χ4v) is 3.04. The number of Topliss-reactive ketones (excluding diaryl/α,β-unsaturated/α-hetero) is 1. The van der Waals surface area contributed by atoms with Crippen LogP contribution in [0.4, 0.5) is 0 Å². The Morgan fingerprint density at radius 2 is 1.55 bits per heavy atom. The monoisotopic (exact) mass is 306 g/mol. The van der Waals surface area contributed by atoms with Crippen molar-refractivity contribution in [3.05, 3.63) is 11.3 Å². The van der Waals surface area contributed by atoms with Crippen LogP contribution < -0.4 is 0 Å². The molecule has 0 atom stereocenters. The van der Waals surface area contributed by atoms with Gasteiger partial charge in [-0.15, -0.1) is 0 Å². The number of phosphoric acid groups is 1. The topological polar surface area (TPSA) is 61.8 Å². The highest BCUT2D eigenvalue weighted by atomic mass is 31.2. The van der Waals surface area contributed by atoms with Crippen LogP contribution in [-0.4, -0.2) is 19.0 Å². The first-order chi connectivity index (χ1) is 9.40. The molecular weight excluding hydrogens is 279 g/mol. The van der Waals surface area contributed by atoms with Crippen molar-refractivity contribution in [3.8, 4) is 0 Å². The zero-order chi connectivity index (χ0) is 15.6. The summed E-state index contributed by atoms with van der Waals surface area (Å²) in [6.07, 6.45) is 3.63. The number of carbonyl (C=O) groups is 1. The Morgan fingerprint density at radius 1 is 1.00 bits per heavy atom. The predicted molar refractivity (Wildman–Crippen MR) is 79.5 cm³/mol. The standard InChI is InChI=1S/C14H27O5P/c1-6-9-10-11-14(12(4)15)13(5)19-20(16,17-7-2)18-8-3/h6-11H2,1-5H3/b14-13+. The van der Waals surface area contributed by atoms with Crippen molar-refractivity contribution in [1.82, 2.24) is 0 Å². The summed E-state index contributed by atoms with van der Waals surface area (Å²) in [5.74, 6) is 0.261. The summed E-state index contributed by atoms with van der Waals surface area (Å²) in [6, 6.07) is 0. The minimum Gasteiger partial charge on any atom is -0.408 e. The largest absolute Gasteiger partial charge is 0.529 e. The molecule has 0 saturated carbocycles. The summed E-state index contributed by atoms with van der Waals surface area (Å²) in [4.78, 5) is 11.7. The predicted octanol–water partition coefficient (Wildman–Crippen LogP) is 4.63. The molecule has 5 nitrogen and oxygen atoms in total. The van der Waals surface area contributed by atoms with Gasteiger partial charge in [0.15, 0.2) is 5.78 Å². The molecule has 0 aromatic heterocycles. The average Bonchev–Trinajstić information content (AvgIpc) is 2.34. The van der Waals surface area contributed by atoms with Crippen molar-refractivity contribution in [1.29, 1.82) is 0 Å². The van der Waals surface area contributed by atoms with Crippen molar-refractivity contribution < 1.29 is 22.9 Å². The van der Waals surface area contributed by atoms with Crippen molar-refractivity contribution in [3.63, 3.8) is 0 Å². The summed E-state index contributed by atoms with van der Waals surface area (Å²) in [7, 11) is -3.62. The highest BCUT2D eigenvalue weighted by molar-refractivity contribution is 7.48. The second-order valence-corrected chi connectivity index (χ2v) is 6.02. The molecule has 0 aromatic rings. The summed E-state index contributed by atoms with van der Waals surface area (Å²) in [5, 5.41) is 0. The van der Waals surface area contributed by atoms with Crippen molar-refractivity contribution >= 4 is 13.6 Å². The van der Waals surface area contributed by atoms with Gasteiger partial charge in [0, 0.05) is 5.57 Å². The molecule has 0 radical (unpaired) electrons. The molecular formula is C14H27O5P. The molecule has 6 heteroatoms. The van der Waals surface area contributed by atoms with Gasteiger partial charge >= 0.3 is 7.82 Å². The van der Waals surface area contributed by atoms with E-state index in [1.54, 1.807) is 20.8 Å². The van der Waals surface area contributed by atoms with Crippen LogP contribution in [0.5, 0.6) is 0 Å². The summed E-state index contributed by atoms with van der Waals surface area (Å²) >= 11 is 0. The SMILES string of the molecule is CCCCC/C(C(C)=O)=C(/C)OP(=O)(OCC)OCC. The number of hydrogen-bond acceptors (Lipinski definition) is 5. The molecule has 0 amide bonds. The van der Waals surface area contributed by atoms with E-state index >= 15 is 0 Å². The normalized spacial score (nSPS) is 13.1. The Labute approximate surface area is 122 Å². The van der Waals surface area contributed by atoms with Gasteiger partial charge in [-0.05, 0) is 40.5 Å². The fraction of sp³-hybridized carbons (Fsp3) is 0.786. The molecule has 0 bridgehead atoms. The molecule has 0 saturated heterocycles. The van der Waals surface area contributed by atoms with E-state index in [1.165, 1.54) is 6.92 Å². The number of carbonyl (C=O) groups excluding carboxylic acids is 1. The first-order valence-corrected chi connectivity index (χ1v) is 8.65. The first kappa shape index (κ1) is 19.4. The Kier molecular flexibility index (Phi) is 9.82. The third-order valence-corrected chi connectivity index (χ3v) is 4.35. The van der Waals surface area contributed by atoms with E-state index < -0.39 is 7.82 Å². The van der Waals surface area contributed by atoms with E-state index in [0.29, 0.717) is 17.8 Å². The molecule has 0 spiro atoms. The lowest BCUT2D eigenvalue weighted by atomic mass is 10.0. The molecule has 0 aliphatic carbocycles. The minimum atomic E-state index is -3.62. The van der Waals surface area contributed by atoms with Crippen LogP contribution in [0.15, 0.2) is 11.3 Å². The molecule has 0 aliphatic rings. The van der Waals surface area contributed by atoms with Gasteiger partial charge in [-0.3, -0.25) is 13.8 Å². The number of ketones is 1. The van der Waals surface area contributed by atoms with E-state index in [0.717, 1.165) is 19.3 Å². The van der Waals surface area contributed by atoms with Gasteiger partial charge in [-0.1, -0.05) is 19.8 Å². The maximum Gasteiger partial charge on any atom is 0.529 e. The van der Waals surface area contributed by atoms with Gasteiger partial charge in [-0.25, -0.2) is 4.57 Å². The van der Waals surface area contributed by atoms with Crippen molar-refractivity contribution in [2.75, 3.05) is 13.2 Å². The van der Waals surface area contributed by atoms with E-state index in [-0.39, 0.29) is 19.0 Å². The maximum atomic E-state index is 12.3. The Balaban J connectivity index is 4.99. The molecule has 0 aromatic carbocycles. The van der Waals surface area contributed by atoms with Crippen LogP contribution in [0.25, 0.3) is 0 Å². The third kappa shape index (κ3) is 7.22. The number of allylic oxidation sites excluding steroid dienone is 2. The summed E-state index contributed by atoms with van der Waals surface area (Å²) in [6.45, 7) is 9.07. The second-order valence-electron chi connectivity index (χ2n) is 4.42. The summed E-state index contributed by atoms with van der Waals surface area (Å²) in [5.41, 5.74) is 0.554. The zero-order valence-corrected chi connectivity index (χ0v) is 14.1. The molecule has 0 fully saturated rings. The van der Waals surface area contributed by atoms with E-state index in [4.69, 9.17) is 13.6 Å². The molecule has 0 unspecified atom stereocenters. The maximum absolute atomic E-state index is 12.3. The molecule has 0 aliphatic heterocycles. The van der Waals surface area contributed by atoms with Gasteiger partial charge in [0.25, 0.3) is 0 Å². The quantitative estimate of drug-likeness (QED) is 0.241. The number of hydrogen-bond donors (Lipinski definition) is 0. The van der Waals surface area contributed by atoms with E-state index in [2.05, 4.69) is 6.92 Å². The third-order valence-electron chi connectivity index (χ3n) is 2.70. The van der Waals surface area contributed by atoms with E-state index in [9.17, 15) is 9.36 Å². The van der Waals surface area contributed by atoms with Crippen LogP contribution in [0.1, 0.15) is 60.3 Å². The van der Waals surface area contributed by atoms with Gasteiger partial charge in [0.1, 0.15) is 5.76 Å². The van der Waals surface area contributed by atoms with Crippen LogP contribution in [0.2, 0.25) is 0 Å². The van der Waals surface area contributed by atoms with Crippen molar-refractivity contribution in [2.45, 2.75) is 60.3 Å². The highest BCUT2D eigenvalue weighted by Gasteiger charge is 2.28. The zero-order valence-electron chi connectivity index (χ0n) is 13.2. The Morgan fingerprint density at radius 3 is 1.95 bits per heavy atom. The summed E-state index contributed by atoms with van der Waals surface area (Å²) < 4.78 is 27.7. The van der Waals surface area contributed by atoms with Gasteiger partial charge in [0.2, 0.25) is 0 Å². The second kappa shape index (κ2) is 10.1. The van der Waals surface area contributed by atoms with Crippen molar-refractivity contribution in [2.24, 2.45) is 0 Å². The van der Waals surface area contributed by atoms with Crippen LogP contribution in [0.3, 0.4) is 0 Å². The smallest absolute Gasteiger partial charge is 0.408 e. The number of phosphoric ester groups is 1. The molecule has 20 heavy (non-hydrogen) atoms. The molecule has 0 heterocycles. The molecule has 118 valence electrons. The van der Waals surface area contributed by atoms with Crippen LogP contribution in [0, 0.1) is 0 Å². The van der Waals surface area contributed by atoms with Gasteiger partial charge in [0.05, 0.1) is 13.2 Å².